The molecule has 2 saturated carbocycles. The van der Waals surface area contributed by atoms with Gasteiger partial charge >= 0.3 is 0 Å². The van der Waals surface area contributed by atoms with E-state index in [1.54, 1.807) is 24.3 Å². The maximum absolute atomic E-state index is 14.4. The Labute approximate surface area is 274 Å². The van der Waals surface area contributed by atoms with E-state index in [1.165, 1.54) is 36.8 Å². The van der Waals surface area contributed by atoms with Gasteiger partial charge in [-0.15, -0.1) is 0 Å². The van der Waals surface area contributed by atoms with Gasteiger partial charge in [0.2, 0.25) is 0 Å². The average molecular weight is 625 g/mol. The zero-order valence-electron chi connectivity index (χ0n) is 28.4. The van der Waals surface area contributed by atoms with Crippen LogP contribution in [0.4, 0.5) is 8.78 Å². The third-order valence-corrected chi connectivity index (χ3v) is 10.7. The highest BCUT2D eigenvalue weighted by molar-refractivity contribution is 5.71. The molecule has 244 valence electrons. The number of hydrogen-bond acceptors (Lipinski definition) is 2. The summed E-state index contributed by atoms with van der Waals surface area (Å²) in [6.07, 6.45) is 7.05. The first kappa shape index (κ1) is 34.0. The van der Waals surface area contributed by atoms with Crippen molar-refractivity contribution < 1.29 is 19.0 Å². The first-order valence-electron chi connectivity index (χ1n) is 16.8. The Morgan fingerprint density at radius 3 is 1.28 bits per heavy atom. The maximum Gasteiger partial charge on any atom is 0.131 e. The minimum atomic E-state index is -0.176. The molecule has 4 aromatic rings. The number of halogens is 2. The van der Waals surface area contributed by atoms with Crippen LogP contribution in [-0.4, -0.2) is 10.2 Å². The number of rotatable bonds is 6. The van der Waals surface area contributed by atoms with Crippen LogP contribution in [0.3, 0.4) is 0 Å². The SMILES string of the molecule is Cc1ccc(F)c(-c2ccc(CO)cc2[C@@H]2CCCC2(C)C)c1.Cc1ccc(F)c(-c2ccc(CO)cc2[C@H]2CCCC2(C)C)c1. The second-order valence-electron chi connectivity index (χ2n) is 15.0. The van der Waals surface area contributed by atoms with Crippen LogP contribution in [0.5, 0.6) is 0 Å². The molecule has 0 saturated heterocycles. The Hall–Kier alpha value is -3.34. The number of benzene rings is 4. The highest BCUT2D eigenvalue weighted by atomic mass is 19.1. The van der Waals surface area contributed by atoms with Gasteiger partial charge in [0.25, 0.3) is 0 Å². The summed E-state index contributed by atoms with van der Waals surface area (Å²) < 4.78 is 28.9. The molecule has 2 aliphatic rings. The molecule has 2 fully saturated rings. The van der Waals surface area contributed by atoms with Gasteiger partial charge in [0.1, 0.15) is 11.6 Å². The van der Waals surface area contributed by atoms with Crippen molar-refractivity contribution in [3.8, 4) is 22.3 Å². The van der Waals surface area contributed by atoms with E-state index in [0.717, 1.165) is 46.2 Å². The first-order valence-corrected chi connectivity index (χ1v) is 16.8. The van der Waals surface area contributed by atoms with Gasteiger partial charge in [-0.1, -0.05) is 100 Å². The Bertz CT molecular complexity index is 1560. The quantitative estimate of drug-likeness (QED) is 0.224. The van der Waals surface area contributed by atoms with Gasteiger partial charge in [0.15, 0.2) is 0 Å². The highest BCUT2D eigenvalue weighted by Crippen LogP contribution is 2.52. The second-order valence-corrected chi connectivity index (χ2v) is 15.0. The molecule has 0 aromatic heterocycles. The third-order valence-electron chi connectivity index (χ3n) is 10.7. The van der Waals surface area contributed by atoms with Gasteiger partial charge in [-0.25, -0.2) is 8.78 Å². The molecule has 0 bridgehead atoms. The Morgan fingerprint density at radius 2 is 0.957 bits per heavy atom. The fourth-order valence-corrected chi connectivity index (χ4v) is 7.99. The van der Waals surface area contributed by atoms with E-state index in [0.29, 0.717) is 23.0 Å². The molecule has 0 spiro atoms. The molecule has 2 N–H and O–H groups in total. The molecule has 2 nitrogen and oxygen atoms in total. The van der Waals surface area contributed by atoms with Crippen LogP contribution >= 0.6 is 0 Å². The van der Waals surface area contributed by atoms with E-state index in [-0.39, 0.29) is 35.7 Å². The largest absolute Gasteiger partial charge is 0.392 e. The fraction of sp³-hybridized carbons (Fsp3) is 0.429. The van der Waals surface area contributed by atoms with Gasteiger partial charge in [0.05, 0.1) is 13.2 Å². The van der Waals surface area contributed by atoms with Gasteiger partial charge < -0.3 is 10.2 Å². The fourth-order valence-electron chi connectivity index (χ4n) is 7.99. The van der Waals surface area contributed by atoms with Gasteiger partial charge in [-0.2, -0.15) is 0 Å². The standard InChI is InChI=1S/2C21H25FO/c2*1-14-6-9-20(22)18(11-14)16-8-7-15(13-23)12-17(16)19-5-4-10-21(19,2)3/h2*6-9,11-12,19,23H,4-5,10,13H2,1-3H3/t2*19-/m10/s1. The molecule has 0 radical (unpaired) electrons. The zero-order valence-corrected chi connectivity index (χ0v) is 28.4. The summed E-state index contributed by atoms with van der Waals surface area (Å²) in [5, 5.41) is 19.0. The molecular formula is C42H50F2O2. The zero-order chi connectivity index (χ0) is 33.2. The second kappa shape index (κ2) is 13.8. The molecular weight excluding hydrogens is 574 g/mol. The lowest BCUT2D eigenvalue weighted by molar-refractivity contribution is 0.281. The van der Waals surface area contributed by atoms with Crippen molar-refractivity contribution in [2.75, 3.05) is 0 Å². The van der Waals surface area contributed by atoms with Crippen molar-refractivity contribution >= 4 is 0 Å². The van der Waals surface area contributed by atoms with Crippen LogP contribution in [0.25, 0.3) is 22.3 Å². The molecule has 4 heteroatoms. The normalized spacial score (nSPS) is 20.0. The Kier molecular flexibility index (Phi) is 10.2. The van der Waals surface area contributed by atoms with Gasteiger partial charge in [-0.3, -0.25) is 0 Å². The van der Waals surface area contributed by atoms with E-state index in [2.05, 4.69) is 39.8 Å². The van der Waals surface area contributed by atoms with E-state index < -0.39 is 0 Å². The van der Waals surface area contributed by atoms with Crippen LogP contribution in [0.1, 0.15) is 111 Å². The van der Waals surface area contributed by atoms with Crippen LogP contribution in [0.2, 0.25) is 0 Å². The lowest BCUT2D eigenvalue weighted by atomic mass is 9.75. The number of aliphatic hydroxyl groups excluding tert-OH is 2. The summed E-state index contributed by atoms with van der Waals surface area (Å²) in [4.78, 5) is 0. The topological polar surface area (TPSA) is 40.5 Å². The average Bonchev–Trinajstić information content (AvgIpc) is 3.58. The summed E-state index contributed by atoms with van der Waals surface area (Å²) >= 11 is 0. The number of aliphatic hydroxyl groups is 2. The monoisotopic (exact) mass is 624 g/mol. The van der Waals surface area contributed by atoms with E-state index in [9.17, 15) is 19.0 Å². The van der Waals surface area contributed by atoms with E-state index in [4.69, 9.17) is 0 Å². The minimum absolute atomic E-state index is 0.0245. The van der Waals surface area contributed by atoms with Gasteiger partial charge in [-0.05, 0) is 120 Å². The summed E-state index contributed by atoms with van der Waals surface area (Å²) in [5.41, 5.74) is 10.0. The van der Waals surface area contributed by atoms with Crippen molar-refractivity contribution in [1.82, 2.24) is 0 Å². The predicted molar refractivity (Wildman–Crippen MR) is 186 cm³/mol. The van der Waals surface area contributed by atoms with Crippen LogP contribution < -0.4 is 0 Å². The molecule has 4 aromatic carbocycles. The molecule has 0 aliphatic heterocycles. The molecule has 2 atom stereocenters. The van der Waals surface area contributed by atoms with E-state index in [1.807, 2.05) is 50.2 Å². The molecule has 46 heavy (non-hydrogen) atoms. The molecule has 0 unspecified atom stereocenters. The van der Waals surface area contributed by atoms with Crippen LogP contribution in [-0.2, 0) is 13.2 Å². The Balaban J connectivity index is 0.000000181. The van der Waals surface area contributed by atoms with E-state index >= 15 is 0 Å². The molecule has 6 rings (SSSR count). The molecule has 0 heterocycles. The van der Waals surface area contributed by atoms with Gasteiger partial charge in [0, 0.05) is 11.1 Å². The summed E-state index contributed by atoms with van der Waals surface area (Å²) in [5.74, 6) is 0.460. The van der Waals surface area contributed by atoms with Crippen LogP contribution in [0.15, 0.2) is 72.8 Å². The minimum Gasteiger partial charge on any atom is -0.392 e. The Morgan fingerprint density at radius 1 is 0.565 bits per heavy atom. The molecule has 2 aliphatic carbocycles. The van der Waals surface area contributed by atoms with Crippen molar-refractivity contribution in [2.24, 2.45) is 10.8 Å². The first-order chi connectivity index (χ1) is 21.8. The summed E-state index contributed by atoms with van der Waals surface area (Å²) in [6.45, 7) is 13.2. The smallest absolute Gasteiger partial charge is 0.131 e. The molecule has 0 amide bonds. The summed E-state index contributed by atoms with van der Waals surface area (Å²) in [7, 11) is 0. The number of aryl methyl sites for hydroxylation is 2. The van der Waals surface area contributed by atoms with Crippen molar-refractivity contribution in [3.63, 3.8) is 0 Å². The maximum atomic E-state index is 14.4. The van der Waals surface area contributed by atoms with Crippen molar-refractivity contribution in [3.05, 3.63) is 118 Å². The lowest BCUT2D eigenvalue weighted by Gasteiger charge is -2.30. The van der Waals surface area contributed by atoms with Crippen molar-refractivity contribution in [1.29, 1.82) is 0 Å². The summed E-state index contributed by atoms with van der Waals surface area (Å²) in [6, 6.07) is 22.5. The highest BCUT2D eigenvalue weighted by Gasteiger charge is 2.38. The third kappa shape index (κ3) is 7.14. The van der Waals surface area contributed by atoms with Crippen LogP contribution in [0, 0.1) is 36.3 Å². The number of hydrogen-bond donors (Lipinski definition) is 2. The van der Waals surface area contributed by atoms with Crippen molar-refractivity contribution in [2.45, 2.75) is 105 Å². The predicted octanol–water partition coefficient (Wildman–Crippen LogP) is 11.2. The lowest BCUT2D eigenvalue weighted by Crippen LogP contribution is -2.16.